The van der Waals surface area contributed by atoms with Crippen molar-refractivity contribution in [2.24, 2.45) is 4.99 Å². The fourth-order valence-electron chi connectivity index (χ4n) is 7.25. The minimum absolute atomic E-state index is 0.0921. The van der Waals surface area contributed by atoms with Crippen LogP contribution in [0.2, 0.25) is 51.4 Å². The van der Waals surface area contributed by atoms with Crippen LogP contribution in [0, 0.1) is 0 Å². The molecule has 3 aromatic rings. The Morgan fingerprint density at radius 2 is 1.57 bits per heavy atom. The number of fused-ring (bicyclic) bond motifs is 1. The van der Waals surface area contributed by atoms with Gasteiger partial charge in [0, 0.05) is 79.4 Å². The number of anilines is 1. The first-order valence-corrected chi connectivity index (χ1v) is 28.7. The maximum Gasteiger partial charge on any atom is 0.338 e. The summed E-state index contributed by atoms with van der Waals surface area (Å²) in [5.41, 5.74) is 4.54. The molecule has 0 radical (unpaired) electrons. The van der Waals surface area contributed by atoms with E-state index in [0.717, 1.165) is 58.1 Å². The molecule has 1 aliphatic carbocycles. The van der Waals surface area contributed by atoms with Gasteiger partial charge in [0.15, 0.2) is 11.2 Å². The summed E-state index contributed by atoms with van der Waals surface area (Å²) in [7, 11) is 0.460. The lowest BCUT2D eigenvalue weighted by molar-refractivity contribution is -0.180. The maximum atomic E-state index is 13.7. The Morgan fingerprint density at radius 3 is 2.13 bits per heavy atom. The average molecular weight is 865 g/mol. The monoisotopic (exact) mass is 864 g/mol. The topological polar surface area (TPSA) is 140 Å². The molecule has 16 heteroatoms. The first-order chi connectivity index (χ1) is 28.7. The van der Waals surface area contributed by atoms with Gasteiger partial charge < -0.3 is 38.1 Å². The highest BCUT2D eigenvalue weighted by molar-refractivity contribution is 6.76. The van der Waals surface area contributed by atoms with E-state index in [1.807, 2.05) is 48.2 Å². The number of aromatic nitrogens is 4. The van der Waals surface area contributed by atoms with E-state index in [4.69, 9.17) is 48.2 Å². The van der Waals surface area contributed by atoms with Crippen molar-refractivity contribution in [3.05, 3.63) is 60.3 Å². The summed E-state index contributed by atoms with van der Waals surface area (Å²) in [6.45, 7) is 23.8. The summed E-state index contributed by atoms with van der Waals surface area (Å²) in [6, 6.07) is 6.09. The van der Waals surface area contributed by atoms with Crippen LogP contribution in [0.25, 0.3) is 22.5 Å². The Bertz CT molecular complexity index is 1910. The van der Waals surface area contributed by atoms with Crippen LogP contribution in [0.3, 0.4) is 0 Å². The predicted octanol–water partition coefficient (Wildman–Crippen LogP) is 8.19. The molecule has 5 rings (SSSR count). The van der Waals surface area contributed by atoms with Gasteiger partial charge in [-0.25, -0.2) is 9.78 Å². The van der Waals surface area contributed by atoms with Gasteiger partial charge in [-0.05, 0) is 50.8 Å². The number of carbonyl (C=O) groups excluding carboxylic acids is 1. The van der Waals surface area contributed by atoms with Crippen LogP contribution < -0.4 is 4.90 Å². The molecule has 0 unspecified atom stereocenters. The summed E-state index contributed by atoms with van der Waals surface area (Å²) in [5, 5.41) is 5.02. The van der Waals surface area contributed by atoms with Gasteiger partial charge in [-0.3, -0.25) is 9.98 Å². The number of rotatable bonds is 25. The number of esters is 1. The largest absolute Gasteiger partial charge is 0.494 e. The van der Waals surface area contributed by atoms with Crippen LogP contribution in [0.5, 0.6) is 0 Å². The molecule has 1 aliphatic heterocycles. The first-order valence-electron chi connectivity index (χ1n) is 21.3. The van der Waals surface area contributed by atoms with Gasteiger partial charge in [0.1, 0.15) is 31.6 Å². The van der Waals surface area contributed by atoms with Gasteiger partial charge in [-0.1, -0.05) is 58.0 Å². The lowest BCUT2D eigenvalue weighted by Crippen LogP contribution is -2.47. The molecule has 4 heterocycles. The second kappa shape index (κ2) is 21.8. The van der Waals surface area contributed by atoms with Crippen molar-refractivity contribution in [3.8, 4) is 11.1 Å². The lowest BCUT2D eigenvalue weighted by Gasteiger charge is -2.38. The highest BCUT2D eigenvalue weighted by atomic mass is 28.3. The van der Waals surface area contributed by atoms with Crippen molar-refractivity contribution in [1.82, 2.24) is 19.6 Å². The first kappa shape index (κ1) is 47.3. The summed E-state index contributed by atoms with van der Waals surface area (Å²) >= 11 is 0. The van der Waals surface area contributed by atoms with Gasteiger partial charge >= 0.3 is 5.97 Å². The van der Waals surface area contributed by atoms with Gasteiger partial charge in [0.2, 0.25) is 0 Å². The molecule has 0 saturated heterocycles. The fourth-order valence-corrected chi connectivity index (χ4v) is 8.77. The number of hydrogen-bond acceptors (Lipinski definition) is 13. The molecular formula is C44H68N6O8Si2. The highest BCUT2D eigenvalue weighted by Crippen LogP contribution is 2.45. The minimum atomic E-state index is -1.37. The Labute approximate surface area is 358 Å². The van der Waals surface area contributed by atoms with E-state index in [0.29, 0.717) is 70.1 Å². The Hall–Kier alpha value is -3.78. The van der Waals surface area contributed by atoms with Gasteiger partial charge in [0.25, 0.3) is 0 Å². The van der Waals surface area contributed by atoms with Crippen LogP contribution >= 0.6 is 0 Å². The summed E-state index contributed by atoms with van der Waals surface area (Å²) in [6.07, 6.45) is 10.3. The molecule has 0 aromatic carbocycles. The smallest absolute Gasteiger partial charge is 0.338 e. The number of aliphatic imine (C=N–C) groups is 1. The van der Waals surface area contributed by atoms with E-state index in [1.165, 1.54) is 0 Å². The van der Waals surface area contributed by atoms with Crippen molar-refractivity contribution in [1.29, 1.82) is 0 Å². The summed E-state index contributed by atoms with van der Waals surface area (Å²) in [5.74, 6) is 0.726. The van der Waals surface area contributed by atoms with E-state index < -0.39 is 21.7 Å². The average Bonchev–Trinajstić information content (AvgIpc) is 3.91. The summed E-state index contributed by atoms with van der Waals surface area (Å²) < 4.78 is 43.6. The van der Waals surface area contributed by atoms with Crippen LogP contribution in [0.15, 0.2) is 48.4 Å². The third-order valence-corrected chi connectivity index (χ3v) is 14.2. The quantitative estimate of drug-likeness (QED) is 0.0267. The molecular weight excluding hydrogens is 797 g/mol. The second-order valence-corrected chi connectivity index (χ2v) is 29.2. The fraction of sp³-hybridized carbons (Fsp3) is 0.614. The number of nitrogens with zero attached hydrogens (tertiary/aromatic N) is 6. The van der Waals surface area contributed by atoms with Crippen molar-refractivity contribution >= 4 is 45.1 Å². The van der Waals surface area contributed by atoms with Crippen LogP contribution in [-0.4, -0.2) is 127 Å². The molecule has 1 saturated carbocycles. The molecule has 14 nitrogen and oxygen atoms in total. The third kappa shape index (κ3) is 12.6. The van der Waals surface area contributed by atoms with Crippen LogP contribution in [-0.2, 0) is 38.0 Å². The predicted molar refractivity (Wildman–Crippen MR) is 242 cm³/mol. The normalized spacial score (nSPS) is 18.2. The Morgan fingerprint density at radius 1 is 0.900 bits per heavy atom. The molecule has 0 N–H and O–H groups in total. The van der Waals surface area contributed by atoms with Crippen LogP contribution in [0.4, 0.5) is 5.82 Å². The third-order valence-electron chi connectivity index (χ3n) is 10.8. The number of ether oxygens (including phenoxy) is 7. The molecule has 0 amide bonds. The highest BCUT2D eigenvalue weighted by Gasteiger charge is 2.46. The number of pyridine rings is 1. The Balaban J connectivity index is 1.64. The number of carbonyl (C=O) groups is 1. The molecule has 60 heavy (non-hydrogen) atoms. The second-order valence-electron chi connectivity index (χ2n) is 17.9. The van der Waals surface area contributed by atoms with E-state index in [1.54, 1.807) is 14.2 Å². The number of hydrogen-bond donors (Lipinski definition) is 0. The lowest BCUT2D eigenvalue weighted by atomic mass is 9.76. The van der Waals surface area contributed by atoms with E-state index in [-0.39, 0.29) is 38.6 Å². The van der Waals surface area contributed by atoms with Gasteiger partial charge in [-0.15, -0.1) is 0 Å². The summed E-state index contributed by atoms with van der Waals surface area (Å²) in [4.78, 5) is 30.6. The van der Waals surface area contributed by atoms with E-state index in [2.05, 4.69) is 55.8 Å². The molecule has 0 bridgehead atoms. The van der Waals surface area contributed by atoms with E-state index >= 15 is 0 Å². The maximum absolute atomic E-state index is 13.7. The molecule has 3 aromatic heterocycles. The zero-order valence-corrected chi connectivity index (χ0v) is 39.5. The standard InChI is InChI=1S/C44H68N6O8Si2/c1-11-56-33(2)39-40(34-16-18-44(19-17-34,58-24-22-53-4)43(51)57-23-21-52-3)48-41-36(35-14-15-38(46-29-35)37-13-12-20-45-37)30-47-50(41)42(39)49(31-54-25-27-59(5,6)7)32-55-26-28-60(8,9)10/h12,14-15,20,29-30,34H,2,11,13,16-19,21-28,31-32H2,1,3-10H3. The molecule has 0 atom stereocenters. The zero-order valence-electron chi connectivity index (χ0n) is 37.5. The molecule has 330 valence electrons. The van der Waals surface area contributed by atoms with Gasteiger partial charge in [-0.2, -0.15) is 9.61 Å². The van der Waals surface area contributed by atoms with Crippen LogP contribution in [0.1, 0.15) is 61.9 Å². The SMILES string of the molecule is C=C(OCC)c1c(C2CCC(OCCOC)(C(=O)OCCOC)CC2)nc2c(-c3ccc(C4=NC=CC4)nc3)cnn2c1N(COCC[Si](C)(C)C)COCC[Si](C)(C)C. The number of allylic oxidation sites excluding steroid dienone is 1. The van der Waals surface area contributed by atoms with Crippen molar-refractivity contribution in [2.45, 2.75) is 102 Å². The molecule has 0 spiro atoms. The minimum Gasteiger partial charge on any atom is -0.494 e. The Kier molecular flexibility index (Phi) is 17.2. The van der Waals surface area contributed by atoms with Crippen molar-refractivity contribution in [3.63, 3.8) is 0 Å². The van der Waals surface area contributed by atoms with Crippen molar-refractivity contribution in [2.75, 3.05) is 78.8 Å². The van der Waals surface area contributed by atoms with Gasteiger partial charge in [0.05, 0.1) is 55.3 Å². The molecule has 2 aliphatic rings. The van der Waals surface area contributed by atoms with E-state index in [9.17, 15) is 4.79 Å². The zero-order chi connectivity index (χ0) is 43.3. The molecule has 1 fully saturated rings. The van der Waals surface area contributed by atoms with Crippen molar-refractivity contribution < 1.29 is 38.0 Å². The number of methoxy groups -OCH3 is 2.